The molecule has 0 aliphatic heterocycles. The molecule has 0 heteroatoms. The number of unbranched alkanes of at least 4 members (excludes halogenated alkanes) is 1. The van der Waals surface area contributed by atoms with Gasteiger partial charge >= 0.3 is 0 Å². The fourth-order valence-electron chi connectivity index (χ4n) is 1.13. The Hall–Kier alpha value is -1.22. The van der Waals surface area contributed by atoms with Gasteiger partial charge in [0.2, 0.25) is 0 Å². The standard InChI is InChI=1S/C12H13/c1-3-5-7-12-9-6-8-11(4-2)10-12/h2,8-10H,3,5,7H2,1H3. The van der Waals surface area contributed by atoms with Crippen LogP contribution in [-0.4, -0.2) is 0 Å². The smallest absolute Gasteiger partial charge is 0.0251 e. The van der Waals surface area contributed by atoms with Crippen molar-refractivity contribution in [2.24, 2.45) is 0 Å². The molecule has 61 valence electrons. The van der Waals surface area contributed by atoms with Crippen molar-refractivity contribution < 1.29 is 0 Å². The topological polar surface area (TPSA) is 0 Å². The Balaban J connectivity index is 2.68. The van der Waals surface area contributed by atoms with Gasteiger partial charge in [-0.1, -0.05) is 25.3 Å². The van der Waals surface area contributed by atoms with Crippen molar-refractivity contribution in [1.29, 1.82) is 0 Å². The van der Waals surface area contributed by atoms with Gasteiger partial charge in [0.1, 0.15) is 0 Å². The second kappa shape index (κ2) is 4.62. The van der Waals surface area contributed by atoms with E-state index in [2.05, 4.69) is 25.0 Å². The van der Waals surface area contributed by atoms with Gasteiger partial charge in [-0.2, -0.15) is 0 Å². The zero-order valence-electron chi connectivity index (χ0n) is 7.43. The third-order valence-electron chi connectivity index (χ3n) is 1.83. The van der Waals surface area contributed by atoms with E-state index >= 15 is 0 Å². The first kappa shape index (κ1) is 8.87. The lowest BCUT2D eigenvalue weighted by molar-refractivity contribution is 0.795. The summed E-state index contributed by atoms with van der Waals surface area (Å²) in [4.78, 5) is 0. The summed E-state index contributed by atoms with van der Waals surface area (Å²) in [6.45, 7) is 2.19. The van der Waals surface area contributed by atoms with Crippen LogP contribution in [-0.2, 0) is 6.42 Å². The molecule has 0 saturated carbocycles. The fraction of sp³-hybridized carbons (Fsp3) is 0.333. The molecule has 1 rings (SSSR count). The van der Waals surface area contributed by atoms with E-state index in [0.717, 1.165) is 12.0 Å². The van der Waals surface area contributed by atoms with Gasteiger partial charge < -0.3 is 0 Å². The average molecular weight is 157 g/mol. The lowest BCUT2D eigenvalue weighted by atomic mass is 10.1. The Morgan fingerprint density at radius 3 is 3.00 bits per heavy atom. The molecule has 0 saturated heterocycles. The van der Waals surface area contributed by atoms with Gasteiger partial charge in [0, 0.05) is 5.56 Å². The maximum atomic E-state index is 5.28. The molecule has 0 heterocycles. The summed E-state index contributed by atoms with van der Waals surface area (Å²) in [5.41, 5.74) is 2.23. The molecule has 0 amide bonds. The summed E-state index contributed by atoms with van der Waals surface area (Å²) in [5, 5.41) is 0. The second-order valence-corrected chi connectivity index (χ2v) is 2.88. The zero-order valence-corrected chi connectivity index (χ0v) is 7.43. The van der Waals surface area contributed by atoms with Crippen LogP contribution in [0, 0.1) is 18.4 Å². The van der Waals surface area contributed by atoms with Gasteiger partial charge in [-0.3, -0.25) is 0 Å². The van der Waals surface area contributed by atoms with Crippen LogP contribution < -0.4 is 0 Å². The minimum absolute atomic E-state index is 0.934. The molecule has 0 nitrogen and oxygen atoms in total. The Morgan fingerprint density at radius 2 is 2.33 bits per heavy atom. The molecule has 0 atom stereocenters. The maximum Gasteiger partial charge on any atom is 0.0251 e. The molecule has 0 N–H and O–H groups in total. The molecule has 0 aromatic heterocycles. The van der Waals surface area contributed by atoms with Crippen molar-refractivity contribution >= 4 is 0 Å². The van der Waals surface area contributed by atoms with E-state index in [1.165, 1.54) is 18.4 Å². The highest BCUT2D eigenvalue weighted by molar-refractivity contribution is 5.34. The van der Waals surface area contributed by atoms with Crippen LogP contribution in [0.2, 0.25) is 0 Å². The van der Waals surface area contributed by atoms with Gasteiger partial charge in [0.05, 0.1) is 0 Å². The molecular formula is C12H13. The summed E-state index contributed by atoms with van der Waals surface area (Å²) in [7, 11) is 0. The zero-order chi connectivity index (χ0) is 8.81. The third kappa shape index (κ3) is 2.43. The highest BCUT2D eigenvalue weighted by atomic mass is 14.0. The van der Waals surface area contributed by atoms with E-state index in [0.29, 0.717) is 0 Å². The molecule has 0 unspecified atom stereocenters. The van der Waals surface area contributed by atoms with Crippen LogP contribution in [0.3, 0.4) is 0 Å². The van der Waals surface area contributed by atoms with Crippen molar-refractivity contribution in [2.45, 2.75) is 26.2 Å². The maximum absolute atomic E-state index is 5.28. The molecule has 0 fully saturated rings. The normalized spacial score (nSPS) is 9.33. The largest absolute Gasteiger partial charge is 0.115 e. The first-order valence-electron chi connectivity index (χ1n) is 4.33. The highest BCUT2D eigenvalue weighted by Crippen LogP contribution is 2.06. The van der Waals surface area contributed by atoms with Crippen molar-refractivity contribution in [1.82, 2.24) is 0 Å². The molecule has 0 bridgehead atoms. The quantitative estimate of drug-likeness (QED) is 0.592. The number of rotatable bonds is 3. The van der Waals surface area contributed by atoms with E-state index in [1.54, 1.807) is 0 Å². The summed E-state index contributed by atoms with van der Waals surface area (Å²) in [6.07, 6.45) is 8.84. The highest BCUT2D eigenvalue weighted by Gasteiger charge is 1.92. The first-order valence-corrected chi connectivity index (χ1v) is 4.33. The number of hydrogen-bond acceptors (Lipinski definition) is 0. The summed E-state index contributed by atoms with van der Waals surface area (Å²) in [5.74, 6) is 2.61. The minimum Gasteiger partial charge on any atom is -0.115 e. The lowest BCUT2D eigenvalue weighted by Crippen LogP contribution is -1.85. The third-order valence-corrected chi connectivity index (χ3v) is 1.83. The van der Waals surface area contributed by atoms with Crippen LogP contribution in [0.4, 0.5) is 0 Å². The Kier molecular flexibility index (Phi) is 3.41. The van der Waals surface area contributed by atoms with E-state index in [1.807, 2.05) is 12.1 Å². The molecule has 1 aromatic rings. The van der Waals surface area contributed by atoms with Gasteiger partial charge in [-0.15, -0.1) is 6.42 Å². The van der Waals surface area contributed by atoms with Gasteiger partial charge in [-0.25, -0.2) is 0 Å². The first-order chi connectivity index (χ1) is 5.86. The number of terminal acetylenes is 1. The number of aryl methyl sites for hydroxylation is 1. The minimum atomic E-state index is 0.934. The number of hydrogen-bond donors (Lipinski definition) is 0. The van der Waals surface area contributed by atoms with Crippen LogP contribution in [0.5, 0.6) is 0 Å². The van der Waals surface area contributed by atoms with Crippen molar-refractivity contribution in [3.05, 3.63) is 35.4 Å². The van der Waals surface area contributed by atoms with E-state index < -0.39 is 0 Å². The van der Waals surface area contributed by atoms with Crippen LogP contribution >= 0.6 is 0 Å². The summed E-state index contributed by atoms with van der Waals surface area (Å²) < 4.78 is 0. The molecule has 0 spiro atoms. The van der Waals surface area contributed by atoms with E-state index in [9.17, 15) is 0 Å². The second-order valence-electron chi connectivity index (χ2n) is 2.88. The molecular weight excluding hydrogens is 144 g/mol. The molecule has 1 aromatic carbocycles. The average Bonchev–Trinajstić information content (AvgIpc) is 2.15. The Morgan fingerprint density at radius 1 is 1.50 bits per heavy atom. The molecule has 12 heavy (non-hydrogen) atoms. The van der Waals surface area contributed by atoms with Gasteiger partial charge in [-0.05, 0) is 36.6 Å². The lowest BCUT2D eigenvalue weighted by Gasteiger charge is -1.99. The fourth-order valence-corrected chi connectivity index (χ4v) is 1.13. The van der Waals surface area contributed by atoms with E-state index in [-0.39, 0.29) is 0 Å². The number of benzene rings is 1. The monoisotopic (exact) mass is 157 g/mol. The molecule has 0 aliphatic carbocycles. The van der Waals surface area contributed by atoms with Crippen molar-refractivity contribution in [3.8, 4) is 12.3 Å². The predicted molar refractivity (Wildman–Crippen MR) is 51.8 cm³/mol. The summed E-state index contributed by atoms with van der Waals surface area (Å²) >= 11 is 0. The van der Waals surface area contributed by atoms with Crippen LogP contribution in [0.15, 0.2) is 18.2 Å². The Bertz CT molecular complexity index is 278. The predicted octanol–water partition coefficient (Wildman–Crippen LogP) is 2.81. The van der Waals surface area contributed by atoms with Crippen LogP contribution in [0.25, 0.3) is 0 Å². The van der Waals surface area contributed by atoms with Gasteiger partial charge in [0.15, 0.2) is 0 Å². The van der Waals surface area contributed by atoms with Crippen LogP contribution in [0.1, 0.15) is 30.9 Å². The molecule has 0 aliphatic rings. The van der Waals surface area contributed by atoms with E-state index in [4.69, 9.17) is 6.42 Å². The van der Waals surface area contributed by atoms with Crippen molar-refractivity contribution in [3.63, 3.8) is 0 Å². The van der Waals surface area contributed by atoms with Gasteiger partial charge in [0.25, 0.3) is 0 Å². The SMILES string of the molecule is C#Cc1c[c]cc(CCCC)c1. The Labute approximate surface area is 74.6 Å². The summed E-state index contributed by atoms with van der Waals surface area (Å²) in [6, 6.07) is 8.96. The van der Waals surface area contributed by atoms with Crippen molar-refractivity contribution in [2.75, 3.05) is 0 Å². The molecule has 1 radical (unpaired) electrons.